The zero-order chi connectivity index (χ0) is 24.0. The van der Waals surface area contributed by atoms with Gasteiger partial charge in [-0.25, -0.2) is 4.79 Å². The van der Waals surface area contributed by atoms with Gasteiger partial charge in [0.2, 0.25) is 0 Å². The molecule has 0 saturated heterocycles. The molecule has 0 aliphatic heterocycles. The number of methoxy groups -OCH3 is 2. The maximum absolute atomic E-state index is 13.1. The van der Waals surface area contributed by atoms with Crippen molar-refractivity contribution >= 4 is 39.8 Å². The predicted molar refractivity (Wildman–Crippen MR) is 127 cm³/mol. The lowest BCUT2D eigenvalue weighted by atomic mass is 10.1. The number of ether oxygens (including phenoxy) is 3. The number of carbonyl (C=O) groups excluding carboxylic acids is 3. The van der Waals surface area contributed by atoms with E-state index in [9.17, 15) is 14.4 Å². The number of para-hydroxylation sites is 2. The number of esters is 1. The van der Waals surface area contributed by atoms with Gasteiger partial charge in [-0.05, 0) is 49.7 Å². The largest absolute Gasteiger partial charge is 0.497 e. The van der Waals surface area contributed by atoms with E-state index in [2.05, 4.69) is 10.6 Å². The molecule has 0 bridgehead atoms. The highest BCUT2D eigenvalue weighted by atomic mass is 32.1. The van der Waals surface area contributed by atoms with E-state index >= 15 is 0 Å². The molecule has 0 unspecified atom stereocenters. The second kappa shape index (κ2) is 10.6. The summed E-state index contributed by atoms with van der Waals surface area (Å²) < 4.78 is 15.6. The smallest absolute Gasteiger partial charge is 0.341 e. The van der Waals surface area contributed by atoms with Crippen LogP contribution in [0.25, 0.3) is 0 Å². The first-order chi connectivity index (χ1) is 15.9. The van der Waals surface area contributed by atoms with Gasteiger partial charge < -0.3 is 24.8 Å². The van der Waals surface area contributed by atoms with Gasteiger partial charge in [0.1, 0.15) is 16.5 Å². The minimum Gasteiger partial charge on any atom is -0.497 e. The topological polar surface area (TPSA) is 103 Å². The summed E-state index contributed by atoms with van der Waals surface area (Å²) in [4.78, 5) is 38.6. The maximum atomic E-state index is 13.1. The monoisotopic (exact) mass is 468 g/mol. The minimum absolute atomic E-state index is 0.127. The predicted octanol–water partition coefficient (Wildman–Crippen LogP) is 4.76. The molecule has 0 saturated carbocycles. The van der Waals surface area contributed by atoms with Crippen LogP contribution in [-0.2, 0) is 4.74 Å². The molecular weight excluding hydrogens is 444 g/mol. The van der Waals surface area contributed by atoms with Gasteiger partial charge in [0, 0.05) is 5.56 Å². The summed E-state index contributed by atoms with van der Waals surface area (Å²) in [7, 11) is 2.74. The number of carbonyl (C=O) groups is 3. The lowest BCUT2D eigenvalue weighted by Gasteiger charge is -2.11. The van der Waals surface area contributed by atoms with Crippen LogP contribution in [0.3, 0.4) is 0 Å². The van der Waals surface area contributed by atoms with Crippen LogP contribution >= 0.6 is 11.3 Å². The van der Waals surface area contributed by atoms with Gasteiger partial charge in [0.25, 0.3) is 11.8 Å². The first-order valence-electron chi connectivity index (χ1n) is 10.1. The number of amides is 2. The summed E-state index contributed by atoms with van der Waals surface area (Å²) in [6, 6.07) is 13.6. The highest BCUT2D eigenvalue weighted by molar-refractivity contribution is 7.19. The van der Waals surface area contributed by atoms with E-state index in [0.29, 0.717) is 34.9 Å². The van der Waals surface area contributed by atoms with Crippen molar-refractivity contribution in [2.45, 2.75) is 13.8 Å². The van der Waals surface area contributed by atoms with Gasteiger partial charge in [0.15, 0.2) is 0 Å². The fourth-order valence-electron chi connectivity index (χ4n) is 3.14. The van der Waals surface area contributed by atoms with Crippen LogP contribution < -0.4 is 20.1 Å². The molecule has 0 radical (unpaired) electrons. The van der Waals surface area contributed by atoms with Crippen molar-refractivity contribution in [1.82, 2.24) is 0 Å². The fraction of sp³-hybridized carbons (Fsp3) is 0.208. The van der Waals surface area contributed by atoms with Gasteiger partial charge in [-0.3, -0.25) is 9.59 Å². The van der Waals surface area contributed by atoms with E-state index in [4.69, 9.17) is 14.2 Å². The van der Waals surface area contributed by atoms with Crippen molar-refractivity contribution in [3.05, 3.63) is 70.1 Å². The Morgan fingerprint density at radius 2 is 1.73 bits per heavy atom. The lowest BCUT2D eigenvalue weighted by Crippen LogP contribution is -2.14. The Bertz CT molecular complexity index is 1190. The molecule has 0 fully saturated rings. The summed E-state index contributed by atoms with van der Waals surface area (Å²) in [6.07, 6.45) is 0. The summed E-state index contributed by atoms with van der Waals surface area (Å²) >= 11 is 0.992. The SMILES string of the molecule is CCOc1ccccc1NC(=O)c1sc(NC(=O)c2cccc(OC)c2)c(C(=O)OC)c1C. The van der Waals surface area contributed by atoms with E-state index in [1.54, 1.807) is 55.5 Å². The average Bonchev–Trinajstić information content (AvgIpc) is 3.15. The molecule has 33 heavy (non-hydrogen) atoms. The third-order valence-corrected chi connectivity index (χ3v) is 5.94. The molecule has 2 aromatic carbocycles. The molecule has 0 aliphatic rings. The number of hydrogen-bond donors (Lipinski definition) is 2. The normalized spacial score (nSPS) is 10.3. The molecule has 1 aromatic heterocycles. The standard InChI is InChI=1S/C24H24N2O6S/c1-5-32-18-12-7-6-11-17(18)25-22(28)20-14(2)19(24(29)31-4)23(33-20)26-21(27)15-9-8-10-16(13-15)30-3/h6-13H,5H2,1-4H3,(H,25,28)(H,26,27). The first-order valence-corrected chi connectivity index (χ1v) is 10.9. The van der Waals surface area contributed by atoms with E-state index < -0.39 is 17.8 Å². The van der Waals surface area contributed by atoms with Gasteiger partial charge >= 0.3 is 5.97 Å². The zero-order valence-electron chi connectivity index (χ0n) is 18.7. The first kappa shape index (κ1) is 23.8. The van der Waals surface area contributed by atoms with Gasteiger partial charge in [0.05, 0.1) is 37.0 Å². The zero-order valence-corrected chi connectivity index (χ0v) is 19.5. The van der Waals surface area contributed by atoms with Gasteiger partial charge in [-0.1, -0.05) is 18.2 Å². The van der Waals surface area contributed by atoms with Crippen LogP contribution in [-0.4, -0.2) is 38.6 Å². The van der Waals surface area contributed by atoms with E-state index in [-0.39, 0.29) is 15.4 Å². The molecule has 2 N–H and O–H groups in total. The molecule has 0 atom stereocenters. The lowest BCUT2D eigenvalue weighted by molar-refractivity contribution is 0.0601. The summed E-state index contributed by atoms with van der Waals surface area (Å²) in [6.45, 7) is 3.92. The number of nitrogens with one attached hydrogen (secondary N) is 2. The van der Waals surface area contributed by atoms with Crippen LogP contribution in [0.2, 0.25) is 0 Å². The Morgan fingerprint density at radius 3 is 2.42 bits per heavy atom. The number of hydrogen-bond acceptors (Lipinski definition) is 7. The van der Waals surface area contributed by atoms with Crippen LogP contribution in [0.5, 0.6) is 11.5 Å². The Hall–Kier alpha value is -3.85. The van der Waals surface area contributed by atoms with Gasteiger partial charge in [-0.2, -0.15) is 0 Å². The molecule has 2 amide bonds. The van der Waals surface area contributed by atoms with E-state index in [1.165, 1.54) is 14.2 Å². The van der Waals surface area contributed by atoms with Gasteiger partial charge in [-0.15, -0.1) is 11.3 Å². The van der Waals surface area contributed by atoms with Crippen LogP contribution in [0.15, 0.2) is 48.5 Å². The summed E-state index contributed by atoms with van der Waals surface area (Å²) in [5, 5.41) is 5.76. The Balaban J connectivity index is 1.93. The molecule has 0 spiro atoms. The second-order valence-corrected chi connectivity index (χ2v) is 7.84. The Kier molecular flexibility index (Phi) is 7.68. The molecule has 9 heteroatoms. The molecule has 172 valence electrons. The molecule has 3 aromatic rings. The van der Waals surface area contributed by atoms with Crippen molar-refractivity contribution in [1.29, 1.82) is 0 Å². The third kappa shape index (κ3) is 5.32. The number of rotatable bonds is 8. The quantitative estimate of drug-likeness (QED) is 0.462. The summed E-state index contributed by atoms with van der Waals surface area (Å²) in [5.41, 5.74) is 1.37. The average molecular weight is 469 g/mol. The third-order valence-electron chi connectivity index (χ3n) is 4.74. The van der Waals surface area contributed by atoms with E-state index in [1.807, 2.05) is 6.92 Å². The highest BCUT2D eigenvalue weighted by Gasteiger charge is 2.27. The van der Waals surface area contributed by atoms with Crippen molar-refractivity contribution in [2.75, 3.05) is 31.5 Å². The fourth-order valence-corrected chi connectivity index (χ4v) is 4.22. The van der Waals surface area contributed by atoms with Crippen LogP contribution in [0, 0.1) is 6.92 Å². The minimum atomic E-state index is -0.654. The number of anilines is 2. The number of thiophene rings is 1. The van der Waals surface area contributed by atoms with Crippen molar-refractivity contribution in [3.63, 3.8) is 0 Å². The molecule has 3 rings (SSSR count). The van der Waals surface area contributed by atoms with E-state index in [0.717, 1.165) is 11.3 Å². The summed E-state index contributed by atoms with van der Waals surface area (Å²) in [5.74, 6) is -0.488. The van der Waals surface area contributed by atoms with Crippen molar-refractivity contribution in [3.8, 4) is 11.5 Å². The highest BCUT2D eigenvalue weighted by Crippen LogP contribution is 2.35. The number of benzene rings is 2. The van der Waals surface area contributed by atoms with Crippen LogP contribution in [0.1, 0.15) is 42.9 Å². The molecule has 8 nitrogen and oxygen atoms in total. The second-order valence-electron chi connectivity index (χ2n) is 6.82. The van der Waals surface area contributed by atoms with Crippen LogP contribution in [0.4, 0.5) is 10.7 Å². The van der Waals surface area contributed by atoms with Crippen molar-refractivity contribution < 1.29 is 28.6 Å². The molecule has 1 heterocycles. The Labute approximate surface area is 195 Å². The maximum Gasteiger partial charge on any atom is 0.341 e. The molecule has 0 aliphatic carbocycles. The van der Waals surface area contributed by atoms with Crippen molar-refractivity contribution in [2.24, 2.45) is 0 Å². The Morgan fingerprint density at radius 1 is 0.970 bits per heavy atom. The molecular formula is C24H24N2O6S.